The van der Waals surface area contributed by atoms with E-state index in [1.165, 1.54) is 19.7 Å². The van der Waals surface area contributed by atoms with Crippen LogP contribution in [0.3, 0.4) is 0 Å². The van der Waals surface area contributed by atoms with E-state index in [9.17, 15) is 0 Å². The van der Waals surface area contributed by atoms with Gasteiger partial charge in [-0.2, -0.15) is 5.10 Å². The molecule has 6 rings (SSSR count). The van der Waals surface area contributed by atoms with Gasteiger partial charge in [0.25, 0.3) is 0 Å². The SMILES string of the molecule is c1ccc2sc(-c3cc(Nc4nccc5sccc45)cc4cn[nH]c34)cc2c1. The Kier molecular flexibility index (Phi) is 3.47. The van der Waals surface area contributed by atoms with Crippen LogP contribution < -0.4 is 5.32 Å². The Labute approximate surface area is 168 Å². The third-order valence-electron chi connectivity index (χ3n) is 4.88. The van der Waals surface area contributed by atoms with Gasteiger partial charge in [0.2, 0.25) is 0 Å². The molecule has 2 aromatic carbocycles. The van der Waals surface area contributed by atoms with Crippen molar-refractivity contribution in [2.24, 2.45) is 0 Å². The van der Waals surface area contributed by atoms with Gasteiger partial charge in [-0.3, -0.25) is 5.10 Å². The first-order valence-electron chi connectivity index (χ1n) is 8.90. The minimum absolute atomic E-state index is 0.879. The van der Waals surface area contributed by atoms with Crippen molar-refractivity contribution >= 4 is 65.3 Å². The van der Waals surface area contributed by atoms with Crippen molar-refractivity contribution in [2.45, 2.75) is 0 Å². The molecular weight excluding hydrogens is 384 g/mol. The standard InChI is InChI=1S/C22H14N4S2/c1-2-4-18-13(3-1)10-20(28-18)17-11-15(9-14-12-24-26-21(14)17)25-22-16-6-8-27-19(16)5-7-23-22/h1-12H,(H,23,25)(H,24,26). The molecule has 0 spiro atoms. The molecule has 6 heteroatoms. The lowest BCUT2D eigenvalue weighted by atomic mass is 10.1. The average molecular weight is 399 g/mol. The first-order chi connectivity index (χ1) is 13.8. The summed E-state index contributed by atoms with van der Waals surface area (Å²) in [7, 11) is 0. The van der Waals surface area contributed by atoms with Crippen LogP contribution in [0.15, 0.2) is 72.4 Å². The number of rotatable bonds is 3. The fourth-order valence-electron chi connectivity index (χ4n) is 3.57. The third-order valence-corrected chi connectivity index (χ3v) is 6.91. The molecular formula is C22H14N4S2. The van der Waals surface area contributed by atoms with Crippen LogP contribution in [0.1, 0.15) is 0 Å². The molecule has 0 aliphatic heterocycles. The van der Waals surface area contributed by atoms with E-state index in [4.69, 9.17) is 0 Å². The number of aromatic nitrogens is 3. The average Bonchev–Trinajstić information content (AvgIpc) is 3.45. The number of anilines is 2. The predicted molar refractivity (Wildman–Crippen MR) is 120 cm³/mol. The zero-order valence-electron chi connectivity index (χ0n) is 14.6. The Balaban J connectivity index is 1.52. The second-order valence-corrected chi connectivity index (χ2v) is 8.65. The fourth-order valence-corrected chi connectivity index (χ4v) is 5.44. The van der Waals surface area contributed by atoms with E-state index in [0.717, 1.165) is 33.4 Å². The zero-order valence-corrected chi connectivity index (χ0v) is 16.3. The number of pyridine rings is 1. The normalized spacial score (nSPS) is 11.6. The molecule has 0 radical (unpaired) electrons. The van der Waals surface area contributed by atoms with Gasteiger partial charge in [0.15, 0.2) is 0 Å². The number of fused-ring (bicyclic) bond motifs is 3. The number of nitrogens with one attached hydrogen (secondary N) is 2. The second kappa shape index (κ2) is 6.15. The lowest BCUT2D eigenvalue weighted by molar-refractivity contribution is 1.12. The van der Waals surface area contributed by atoms with Crippen LogP contribution in [-0.2, 0) is 0 Å². The largest absolute Gasteiger partial charge is 0.340 e. The molecule has 134 valence electrons. The minimum atomic E-state index is 0.879. The number of H-pyrrole nitrogens is 1. The zero-order chi connectivity index (χ0) is 18.5. The lowest BCUT2D eigenvalue weighted by Crippen LogP contribution is -1.94. The Bertz CT molecular complexity index is 1420. The second-order valence-electron chi connectivity index (χ2n) is 6.62. The molecule has 6 aromatic rings. The molecule has 4 heterocycles. The van der Waals surface area contributed by atoms with Gasteiger partial charge < -0.3 is 5.32 Å². The van der Waals surface area contributed by atoms with Gasteiger partial charge in [0.05, 0.1) is 11.7 Å². The van der Waals surface area contributed by atoms with Crippen LogP contribution in [0.4, 0.5) is 11.5 Å². The molecule has 0 saturated carbocycles. The number of thiophene rings is 2. The van der Waals surface area contributed by atoms with Gasteiger partial charge in [-0.25, -0.2) is 4.98 Å². The smallest absolute Gasteiger partial charge is 0.139 e. The van der Waals surface area contributed by atoms with E-state index >= 15 is 0 Å². The summed E-state index contributed by atoms with van der Waals surface area (Å²) in [6.07, 6.45) is 3.72. The van der Waals surface area contributed by atoms with Crippen LogP contribution in [0.25, 0.3) is 41.5 Å². The monoisotopic (exact) mass is 398 g/mol. The van der Waals surface area contributed by atoms with E-state index in [0.29, 0.717) is 0 Å². The van der Waals surface area contributed by atoms with E-state index < -0.39 is 0 Å². The number of hydrogen-bond acceptors (Lipinski definition) is 5. The van der Waals surface area contributed by atoms with Gasteiger partial charge in [0.1, 0.15) is 5.82 Å². The van der Waals surface area contributed by atoms with E-state index in [1.807, 2.05) is 18.5 Å². The van der Waals surface area contributed by atoms with Gasteiger partial charge in [0, 0.05) is 42.5 Å². The number of benzene rings is 2. The Morgan fingerprint density at radius 3 is 2.86 bits per heavy atom. The summed E-state index contributed by atoms with van der Waals surface area (Å²) < 4.78 is 2.51. The minimum Gasteiger partial charge on any atom is -0.340 e. The summed E-state index contributed by atoms with van der Waals surface area (Å²) in [6, 6.07) is 19.2. The van der Waals surface area contributed by atoms with Gasteiger partial charge >= 0.3 is 0 Å². The van der Waals surface area contributed by atoms with Crippen molar-refractivity contribution in [1.29, 1.82) is 0 Å². The summed E-state index contributed by atoms with van der Waals surface area (Å²) in [4.78, 5) is 5.78. The summed E-state index contributed by atoms with van der Waals surface area (Å²) >= 11 is 3.52. The Hall–Kier alpha value is -3.22. The van der Waals surface area contributed by atoms with Gasteiger partial charge in [-0.05, 0) is 47.2 Å². The first kappa shape index (κ1) is 15.8. The van der Waals surface area contributed by atoms with Crippen molar-refractivity contribution < 1.29 is 0 Å². The molecule has 0 bridgehead atoms. The van der Waals surface area contributed by atoms with Crippen molar-refractivity contribution in [3.05, 3.63) is 72.4 Å². The van der Waals surface area contributed by atoms with Crippen LogP contribution in [0.5, 0.6) is 0 Å². The highest BCUT2D eigenvalue weighted by Crippen LogP contribution is 2.39. The number of hydrogen-bond donors (Lipinski definition) is 2. The van der Waals surface area contributed by atoms with Gasteiger partial charge in [-0.15, -0.1) is 22.7 Å². The van der Waals surface area contributed by atoms with Crippen LogP contribution >= 0.6 is 22.7 Å². The summed E-state index contributed by atoms with van der Waals surface area (Å²) in [6.45, 7) is 0. The van der Waals surface area contributed by atoms with Crippen molar-refractivity contribution in [3.63, 3.8) is 0 Å². The molecule has 0 aliphatic carbocycles. The maximum absolute atomic E-state index is 4.55. The molecule has 28 heavy (non-hydrogen) atoms. The molecule has 2 N–H and O–H groups in total. The first-order valence-corrected chi connectivity index (χ1v) is 10.6. The van der Waals surface area contributed by atoms with Crippen molar-refractivity contribution in [1.82, 2.24) is 15.2 Å². The van der Waals surface area contributed by atoms with E-state index in [-0.39, 0.29) is 0 Å². The number of nitrogens with zero attached hydrogens (tertiary/aromatic N) is 2. The molecule has 0 saturated heterocycles. The lowest BCUT2D eigenvalue weighted by Gasteiger charge is -2.09. The molecule has 4 nitrogen and oxygen atoms in total. The van der Waals surface area contributed by atoms with Crippen LogP contribution in [0.2, 0.25) is 0 Å². The van der Waals surface area contributed by atoms with Crippen molar-refractivity contribution in [2.75, 3.05) is 5.32 Å². The summed E-state index contributed by atoms with van der Waals surface area (Å²) in [5.41, 5.74) is 3.21. The molecule has 0 unspecified atom stereocenters. The predicted octanol–water partition coefficient (Wildman–Crippen LogP) is 6.80. The fraction of sp³-hybridized carbons (Fsp3) is 0. The Morgan fingerprint density at radius 1 is 0.929 bits per heavy atom. The quantitative estimate of drug-likeness (QED) is 0.345. The molecule has 0 fully saturated rings. The molecule has 0 atom stereocenters. The Morgan fingerprint density at radius 2 is 1.89 bits per heavy atom. The van der Waals surface area contributed by atoms with E-state index in [1.54, 1.807) is 22.7 Å². The molecule has 0 amide bonds. The van der Waals surface area contributed by atoms with Crippen LogP contribution in [-0.4, -0.2) is 15.2 Å². The molecule has 4 aromatic heterocycles. The maximum atomic E-state index is 4.55. The van der Waals surface area contributed by atoms with Crippen LogP contribution in [0, 0.1) is 0 Å². The summed E-state index contributed by atoms with van der Waals surface area (Å²) in [5.74, 6) is 0.879. The third kappa shape index (κ3) is 2.50. The maximum Gasteiger partial charge on any atom is 0.139 e. The molecule has 0 aliphatic rings. The van der Waals surface area contributed by atoms with Crippen molar-refractivity contribution in [3.8, 4) is 10.4 Å². The van der Waals surface area contributed by atoms with Gasteiger partial charge in [-0.1, -0.05) is 18.2 Å². The summed E-state index contributed by atoms with van der Waals surface area (Å²) in [5, 5.41) is 16.5. The van der Waals surface area contributed by atoms with E-state index in [2.05, 4.69) is 74.4 Å². The highest BCUT2D eigenvalue weighted by molar-refractivity contribution is 7.22. The highest BCUT2D eigenvalue weighted by atomic mass is 32.1. The highest BCUT2D eigenvalue weighted by Gasteiger charge is 2.13. The topological polar surface area (TPSA) is 53.6 Å². The number of aromatic amines is 1.